The van der Waals surface area contributed by atoms with Crippen molar-refractivity contribution in [3.8, 4) is 11.5 Å². The number of rotatable bonds is 3. The molecule has 0 amide bonds. The number of benzene rings is 2. The number of hydrogen-bond donors (Lipinski definition) is 1. The molecule has 1 N–H and O–H groups in total. The van der Waals surface area contributed by atoms with Gasteiger partial charge in [-0.1, -0.05) is 12.1 Å². The van der Waals surface area contributed by atoms with Gasteiger partial charge >= 0.3 is 5.97 Å². The van der Waals surface area contributed by atoms with Crippen LogP contribution in [0.5, 0.6) is 11.5 Å². The van der Waals surface area contributed by atoms with E-state index in [-0.39, 0.29) is 0 Å². The highest BCUT2D eigenvalue weighted by atomic mass is 16.5. The first kappa shape index (κ1) is 12.2. The average molecular weight is 242 g/mol. The molecule has 3 nitrogen and oxygen atoms in total. The second-order valence-electron chi connectivity index (χ2n) is 4.20. The molecule has 0 spiro atoms. The molecule has 0 saturated carbocycles. The van der Waals surface area contributed by atoms with Crippen molar-refractivity contribution in [2.24, 2.45) is 0 Å². The second-order valence-corrected chi connectivity index (χ2v) is 4.20. The molecular formula is C15H14O3. The van der Waals surface area contributed by atoms with E-state index >= 15 is 0 Å². The fourth-order valence-corrected chi connectivity index (χ4v) is 1.75. The molecule has 3 heteroatoms. The summed E-state index contributed by atoms with van der Waals surface area (Å²) in [6, 6.07) is 12.7. The van der Waals surface area contributed by atoms with Gasteiger partial charge in [0.2, 0.25) is 0 Å². The summed E-state index contributed by atoms with van der Waals surface area (Å²) in [6.45, 7) is 3.75. The summed E-state index contributed by atoms with van der Waals surface area (Å²) in [5, 5.41) is 8.94. The Hall–Kier alpha value is -2.29. The lowest BCUT2D eigenvalue weighted by atomic mass is 10.1. The molecule has 18 heavy (non-hydrogen) atoms. The molecule has 0 radical (unpaired) electrons. The standard InChI is InChI=1S/C15H14O3/c1-10-4-3-5-12(8-10)18-13-6-7-14(15(16)17)11(2)9-13/h3-9H,1-2H3,(H,16,17). The molecule has 0 aliphatic carbocycles. The Balaban J connectivity index is 2.25. The van der Waals surface area contributed by atoms with Crippen molar-refractivity contribution in [1.82, 2.24) is 0 Å². The zero-order valence-corrected chi connectivity index (χ0v) is 10.3. The van der Waals surface area contributed by atoms with E-state index in [2.05, 4.69) is 0 Å². The van der Waals surface area contributed by atoms with Crippen LogP contribution in [0.1, 0.15) is 21.5 Å². The van der Waals surface area contributed by atoms with Gasteiger partial charge in [-0.2, -0.15) is 0 Å². The van der Waals surface area contributed by atoms with Crippen LogP contribution >= 0.6 is 0 Å². The number of carbonyl (C=O) groups is 1. The van der Waals surface area contributed by atoms with Gasteiger partial charge < -0.3 is 9.84 Å². The van der Waals surface area contributed by atoms with E-state index in [9.17, 15) is 4.79 Å². The Morgan fingerprint density at radius 3 is 2.39 bits per heavy atom. The highest BCUT2D eigenvalue weighted by Gasteiger charge is 2.08. The molecule has 0 bridgehead atoms. The SMILES string of the molecule is Cc1cccc(Oc2ccc(C(=O)O)c(C)c2)c1. The molecule has 92 valence electrons. The van der Waals surface area contributed by atoms with E-state index in [1.165, 1.54) is 0 Å². The maximum absolute atomic E-state index is 10.9. The van der Waals surface area contributed by atoms with Gasteiger partial charge in [0.15, 0.2) is 0 Å². The van der Waals surface area contributed by atoms with Crippen LogP contribution in [0.2, 0.25) is 0 Å². The summed E-state index contributed by atoms with van der Waals surface area (Å²) in [5.41, 5.74) is 2.10. The molecular weight excluding hydrogens is 228 g/mol. The molecule has 0 aliphatic rings. The number of aromatic carboxylic acids is 1. The predicted octanol–water partition coefficient (Wildman–Crippen LogP) is 3.79. The molecule has 0 aromatic heterocycles. The van der Waals surface area contributed by atoms with Gasteiger partial charge in [-0.3, -0.25) is 0 Å². The second kappa shape index (κ2) is 4.92. The number of carboxylic acids is 1. The van der Waals surface area contributed by atoms with Crippen LogP contribution in [-0.2, 0) is 0 Å². The van der Waals surface area contributed by atoms with E-state index in [1.807, 2.05) is 31.2 Å². The van der Waals surface area contributed by atoms with Gasteiger partial charge in [0.1, 0.15) is 11.5 Å². The van der Waals surface area contributed by atoms with Crippen LogP contribution in [0, 0.1) is 13.8 Å². The molecule has 0 saturated heterocycles. The summed E-state index contributed by atoms with van der Waals surface area (Å²) < 4.78 is 5.68. The van der Waals surface area contributed by atoms with Gasteiger partial charge in [0.25, 0.3) is 0 Å². The highest BCUT2D eigenvalue weighted by molar-refractivity contribution is 5.89. The van der Waals surface area contributed by atoms with Crippen LogP contribution in [0.25, 0.3) is 0 Å². The maximum atomic E-state index is 10.9. The average Bonchev–Trinajstić information content (AvgIpc) is 2.28. The smallest absolute Gasteiger partial charge is 0.335 e. The number of carboxylic acid groups (broad SMARTS) is 1. The third-order valence-corrected chi connectivity index (χ3v) is 2.65. The monoisotopic (exact) mass is 242 g/mol. The summed E-state index contributed by atoms with van der Waals surface area (Å²) in [6.07, 6.45) is 0. The van der Waals surface area contributed by atoms with Crippen LogP contribution < -0.4 is 4.74 Å². The third kappa shape index (κ3) is 2.69. The largest absolute Gasteiger partial charge is 0.478 e. The molecule has 0 unspecified atom stereocenters. The lowest BCUT2D eigenvalue weighted by Crippen LogP contribution is -1.99. The summed E-state index contributed by atoms with van der Waals surface area (Å²) in [7, 11) is 0. The molecule has 2 rings (SSSR count). The van der Waals surface area contributed by atoms with Gasteiger partial charge in [0, 0.05) is 0 Å². The zero-order valence-electron chi connectivity index (χ0n) is 10.3. The van der Waals surface area contributed by atoms with Crippen LogP contribution in [0.3, 0.4) is 0 Å². The van der Waals surface area contributed by atoms with Crippen LogP contribution in [-0.4, -0.2) is 11.1 Å². The highest BCUT2D eigenvalue weighted by Crippen LogP contribution is 2.24. The summed E-state index contributed by atoms with van der Waals surface area (Å²) >= 11 is 0. The Labute approximate surface area is 106 Å². The first-order chi connectivity index (χ1) is 8.56. The number of ether oxygens (including phenoxy) is 1. The van der Waals surface area contributed by atoms with Gasteiger partial charge in [-0.15, -0.1) is 0 Å². The molecule has 0 aliphatic heterocycles. The van der Waals surface area contributed by atoms with E-state index in [4.69, 9.17) is 9.84 Å². The molecule has 0 heterocycles. The Morgan fingerprint density at radius 1 is 1.06 bits per heavy atom. The lowest BCUT2D eigenvalue weighted by Gasteiger charge is -2.08. The van der Waals surface area contributed by atoms with Crippen molar-refractivity contribution in [3.05, 3.63) is 59.2 Å². The van der Waals surface area contributed by atoms with E-state index in [0.717, 1.165) is 11.3 Å². The van der Waals surface area contributed by atoms with Crippen molar-refractivity contribution in [3.63, 3.8) is 0 Å². The number of hydrogen-bond acceptors (Lipinski definition) is 2. The van der Waals surface area contributed by atoms with Crippen LogP contribution in [0.4, 0.5) is 0 Å². The topological polar surface area (TPSA) is 46.5 Å². The van der Waals surface area contributed by atoms with E-state index in [1.54, 1.807) is 25.1 Å². The van der Waals surface area contributed by atoms with Gasteiger partial charge in [-0.05, 0) is 55.3 Å². The third-order valence-electron chi connectivity index (χ3n) is 2.65. The minimum absolute atomic E-state index is 0.298. The fourth-order valence-electron chi connectivity index (χ4n) is 1.75. The van der Waals surface area contributed by atoms with Crippen molar-refractivity contribution in [2.75, 3.05) is 0 Å². The van der Waals surface area contributed by atoms with Crippen molar-refractivity contribution in [2.45, 2.75) is 13.8 Å². The van der Waals surface area contributed by atoms with Crippen LogP contribution in [0.15, 0.2) is 42.5 Å². The maximum Gasteiger partial charge on any atom is 0.335 e. The lowest BCUT2D eigenvalue weighted by molar-refractivity contribution is 0.0696. The molecule has 2 aromatic rings. The van der Waals surface area contributed by atoms with Crippen molar-refractivity contribution in [1.29, 1.82) is 0 Å². The van der Waals surface area contributed by atoms with Gasteiger partial charge in [0.05, 0.1) is 5.56 Å². The molecule has 2 aromatic carbocycles. The van der Waals surface area contributed by atoms with Gasteiger partial charge in [-0.25, -0.2) is 4.79 Å². The van der Waals surface area contributed by atoms with E-state index in [0.29, 0.717) is 16.9 Å². The zero-order chi connectivity index (χ0) is 13.1. The predicted molar refractivity (Wildman–Crippen MR) is 69.4 cm³/mol. The minimum atomic E-state index is -0.922. The normalized spacial score (nSPS) is 10.1. The molecule has 0 atom stereocenters. The minimum Gasteiger partial charge on any atom is -0.478 e. The number of aryl methyl sites for hydroxylation is 2. The fraction of sp³-hybridized carbons (Fsp3) is 0.133. The Morgan fingerprint density at radius 2 is 1.78 bits per heavy atom. The Kier molecular flexibility index (Phi) is 3.33. The summed E-state index contributed by atoms with van der Waals surface area (Å²) in [4.78, 5) is 10.9. The quantitative estimate of drug-likeness (QED) is 0.890. The van der Waals surface area contributed by atoms with Crippen molar-refractivity contribution < 1.29 is 14.6 Å². The first-order valence-electron chi connectivity index (χ1n) is 5.65. The molecule has 0 fully saturated rings. The summed E-state index contributed by atoms with van der Waals surface area (Å²) in [5.74, 6) is 0.468. The van der Waals surface area contributed by atoms with E-state index < -0.39 is 5.97 Å². The Bertz CT molecular complexity index is 588. The first-order valence-corrected chi connectivity index (χ1v) is 5.65. The van der Waals surface area contributed by atoms with Crippen molar-refractivity contribution >= 4 is 5.97 Å².